The molecule has 4 rings (SSSR count). The van der Waals surface area contributed by atoms with Gasteiger partial charge in [-0.25, -0.2) is 4.79 Å². The van der Waals surface area contributed by atoms with Gasteiger partial charge in [0.2, 0.25) is 5.91 Å². The molecule has 2 fully saturated rings. The number of carbonyl (C=O) groups excluding carboxylic acids is 4. The van der Waals surface area contributed by atoms with Gasteiger partial charge in [0.1, 0.15) is 11.6 Å². The van der Waals surface area contributed by atoms with Crippen LogP contribution in [0.15, 0.2) is 18.2 Å². The molecule has 10 heteroatoms. The minimum atomic E-state index is -0.708. The highest BCUT2D eigenvalue weighted by Crippen LogP contribution is 2.34. The molecule has 1 atom stereocenters. The number of benzene rings is 1. The standard InChI is InChI=1S/C29H42N4O6/c1-29(2,3)39-28(37)33-14-10-20(11-15-33)19-8-12-32(13-9-19)26(35)21-6-7-23-22(16-21)18-31(4)27(36)24(30-23)17-25(34)38-5/h6-7,16,19-20,24,30H,8-15,17-18H2,1-5H3/t24-/m0/s1. The van der Waals surface area contributed by atoms with E-state index in [-0.39, 0.29) is 24.3 Å². The van der Waals surface area contributed by atoms with Crippen LogP contribution in [0.25, 0.3) is 0 Å². The molecule has 3 aliphatic heterocycles. The topological polar surface area (TPSA) is 108 Å². The smallest absolute Gasteiger partial charge is 0.410 e. The summed E-state index contributed by atoms with van der Waals surface area (Å²) in [7, 11) is 3.00. The van der Waals surface area contributed by atoms with E-state index in [9.17, 15) is 19.2 Å². The number of esters is 1. The van der Waals surface area contributed by atoms with Crippen LogP contribution in [-0.2, 0) is 25.6 Å². The first-order valence-electron chi connectivity index (χ1n) is 13.9. The Hall–Kier alpha value is -3.30. The summed E-state index contributed by atoms with van der Waals surface area (Å²) in [4.78, 5) is 55.6. The summed E-state index contributed by atoms with van der Waals surface area (Å²) in [6.07, 6.45) is 3.57. The fraction of sp³-hybridized carbons (Fsp3) is 0.655. The van der Waals surface area contributed by atoms with Crippen molar-refractivity contribution in [1.29, 1.82) is 0 Å². The lowest BCUT2D eigenvalue weighted by molar-refractivity contribution is -0.143. The van der Waals surface area contributed by atoms with Crippen molar-refractivity contribution in [3.05, 3.63) is 29.3 Å². The zero-order chi connectivity index (χ0) is 28.3. The van der Waals surface area contributed by atoms with Gasteiger partial charge in [-0.2, -0.15) is 0 Å². The van der Waals surface area contributed by atoms with Crippen LogP contribution in [0.5, 0.6) is 0 Å². The van der Waals surface area contributed by atoms with E-state index in [2.05, 4.69) is 5.32 Å². The summed E-state index contributed by atoms with van der Waals surface area (Å²) < 4.78 is 10.3. The number of methoxy groups -OCH3 is 1. The third-order valence-electron chi connectivity index (χ3n) is 8.05. The number of likely N-dealkylation sites (N-methyl/N-ethyl adjacent to an activating group) is 1. The third kappa shape index (κ3) is 7.02. The van der Waals surface area contributed by atoms with Gasteiger partial charge in [0.15, 0.2) is 0 Å². The van der Waals surface area contributed by atoms with Crippen LogP contribution in [-0.4, -0.2) is 90.6 Å². The van der Waals surface area contributed by atoms with Gasteiger partial charge >= 0.3 is 12.1 Å². The highest BCUT2D eigenvalue weighted by atomic mass is 16.6. The number of nitrogens with one attached hydrogen (secondary N) is 1. The van der Waals surface area contributed by atoms with E-state index >= 15 is 0 Å². The fourth-order valence-corrected chi connectivity index (χ4v) is 5.87. The summed E-state index contributed by atoms with van der Waals surface area (Å²) in [5, 5.41) is 3.16. The molecule has 3 amide bonds. The van der Waals surface area contributed by atoms with E-state index < -0.39 is 17.6 Å². The fourth-order valence-electron chi connectivity index (χ4n) is 5.87. The Morgan fingerprint density at radius 2 is 1.56 bits per heavy atom. The molecule has 1 aromatic carbocycles. The van der Waals surface area contributed by atoms with E-state index in [1.165, 1.54) is 7.11 Å². The first-order valence-corrected chi connectivity index (χ1v) is 13.9. The molecular weight excluding hydrogens is 500 g/mol. The lowest BCUT2D eigenvalue weighted by Gasteiger charge is -2.40. The quantitative estimate of drug-likeness (QED) is 0.580. The molecule has 1 aromatic rings. The Bertz CT molecular complexity index is 1080. The summed E-state index contributed by atoms with van der Waals surface area (Å²) in [6.45, 7) is 8.88. The van der Waals surface area contributed by atoms with Crippen molar-refractivity contribution in [2.75, 3.05) is 45.7 Å². The zero-order valence-electron chi connectivity index (χ0n) is 23.8. The predicted molar refractivity (Wildman–Crippen MR) is 146 cm³/mol. The van der Waals surface area contributed by atoms with Crippen LogP contribution >= 0.6 is 0 Å². The van der Waals surface area contributed by atoms with E-state index in [0.717, 1.165) is 50.0 Å². The molecule has 0 radical (unpaired) electrons. The van der Waals surface area contributed by atoms with Gasteiger partial charge < -0.3 is 29.5 Å². The molecule has 0 bridgehead atoms. The van der Waals surface area contributed by atoms with Crippen molar-refractivity contribution in [3.8, 4) is 0 Å². The number of ether oxygens (including phenoxy) is 2. The maximum Gasteiger partial charge on any atom is 0.410 e. The Balaban J connectivity index is 1.32. The minimum Gasteiger partial charge on any atom is -0.469 e. The maximum absolute atomic E-state index is 13.4. The van der Waals surface area contributed by atoms with Gasteiger partial charge in [-0.1, -0.05) is 0 Å². The van der Waals surface area contributed by atoms with Gasteiger partial charge in [-0.15, -0.1) is 0 Å². The average Bonchev–Trinajstić information content (AvgIpc) is 3.02. The van der Waals surface area contributed by atoms with Gasteiger partial charge in [-0.3, -0.25) is 14.4 Å². The Morgan fingerprint density at radius 1 is 0.974 bits per heavy atom. The van der Waals surface area contributed by atoms with Crippen molar-refractivity contribution in [3.63, 3.8) is 0 Å². The first kappa shape index (κ1) is 28.7. The highest BCUT2D eigenvalue weighted by molar-refractivity contribution is 5.96. The van der Waals surface area contributed by atoms with Crippen LogP contribution in [0.1, 0.15) is 68.8 Å². The first-order chi connectivity index (χ1) is 18.4. The highest BCUT2D eigenvalue weighted by Gasteiger charge is 2.34. The van der Waals surface area contributed by atoms with Gasteiger partial charge in [0, 0.05) is 51.0 Å². The number of nitrogens with zero attached hydrogens (tertiary/aromatic N) is 3. The lowest BCUT2D eigenvalue weighted by atomic mass is 9.79. The van der Waals surface area contributed by atoms with Crippen molar-refractivity contribution < 1.29 is 28.7 Å². The molecule has 214 valence electrons. The van der Waals surface area contributed by atoms with Crippen LogP contribution in [0.3, 0.4) is 0 Å². The van der Waals surface area contributed by atoms with E-state index in [1.54, 1.807) is 18.0 Å². The van der Waals surface area contributed by atoms with Crippen molar-refractivity contribution in [2.45, 2.75) is 71.1 Å². The molecular formula is C29H42N4O6. The SMILES string of the molecule is COC(=O)C[C@@H]1Nc2ccc(C(=O)N3CCC(C4CCN(C(=O)OC(C)(C)C)CC4)CC3)cc2CN(C)C1=O. The number of hydrogen-bond donors (Lipinski definition) is 1. The van der Waals surface area contributed by atoms with Crippen LogP contribution in [0.2, 0.25) is 0 Å². The van der Waals surface area contributed by atoms with Gasteiger partial charge in [-0.05, 0) is 82.1 Å². The van der Waals surface area contributed by atoms with E-state index in [0.29, 0.717) is 37.0 Å². The predicted octanol–water partition coefficient (Wildman–Crippen LogP) is 3.50. The van der Waals surface area contributed by atoms with Gasteiger partial charge in [0.25, 0.3) is 5.91 Å². The number of amides is 3. The maximum atomic E-state index is 13.4. The summed E-state index contributed by atoms with van der Waals surface area (Å²) in [5.41, 5.74) is 1.71. The molecule has 0 aromatic heterocycles. The third-order valence-corrected chi connectivity index (χ3v) is 8.05. The number of carbonyl (C=O) groups is 4. The number of hydrogen-bond acceptors (Lipinski definition) is 7. The van der Waals surface area contributed by atoms with Crippen molar-refractivity contribution in [1.82, 2.24) is 14.7 Å². The van der Waals surface area contributed by atoms with Crippen LogP contribution in [0.4, 0.5) is 10.5 Å². The van der Waals surface area contributed by atoms with E-state index in [1.807, 2.05) is 42.7 Å². The molecule has 10 nitrogen and oxygen atoms in total. The van der Waals surface area contributed by atoms with Crippen LogP contribution < -0.4 is 5.32 Å². The number of fused-ring (bicyclic) bond motifs is 1. The second-order valence-electron chi connectivity index (χ2n) is 12.0. The van der Waals surface area contributed by atoms with Crippen molar-refractivity contribution >= 4 is 29.6 Å². The monoisotopic (exact) mass is 542 g/mol. The molecule has 0 aliphatic carbocycles. The average molecular weight is 543 g/mol. The Labute approximate surface area is 231 Å². The summed E-state index contributed by atoms with van der Waals surface area (Å²) in [5.74, 6) is 0.466. The summed E-state index contributed by atoms with van der Waals surface area (Å²) in [6, 6.07) is 4.76. The summed E-state index contributed by atoms with van der Waals surface area (Å²) >= 11 is 0. The molecule has 2 saturated heterocycles. The molecule has 39 heavy (non-hydrogen) atoms. The van der Waals surface area contributed by atoms with Crippen LogP contribution in [0, 0.1) is 11.8 Å². The lowest BCUT2D eigenvalue weighted by Crippen LogP contribution is -2.45. The Kier molecular flexibility index (Phi) is 8.71. The number of piperidine rings is 2. The van der Waals surface area contributed by atoms with E-state index in [4.69, 9.17) is 9.47 Å². The molecule has 3 aliphatic rings. The van der Waals surface area contributed by atoms with Crippen molar-refractivity contribution in [2.24, 2.45) is 11.8 Å². The molecule has 0 unspecified atom stereocenters. The minimum absolute atomic E-state index is 0.000308. The largest absolute Gasteiger partial charge is 0.469 e. The molecule has 0 saturated carbocycles. The molecule has 3 heterocycles. The number of rotatable bonds is 4. The normalized spacial score (nSPS) is 21.1. The number of anilines is 1. The zero-order valence-corrected chi connectivity index (χ0v) is 23.8. The number of likely N-dealkylation sites (tertiary alicyclic amines) is 2. The molecule has 1 N–H and O–H groups in total. The second kappa shape index (κ2) is 11.8. The van der Waals surface area contributed by atoms with Gasteiger partial charge in [0.05, 0.1) is 13.5 Å². The second-order valence-corrected chi connectivity index (χ2v) is 12.0. The molecule has 0 spiro atoms. The Morgan fingerprint density at radius 3 is 2.13 bits per heavy atom.